The highest BCUT2D eigenvalue weighted by Crippen LogP contribution is 2.05. The molecule has 0 fully saturated rings. The summed E-state index contributed by atoms with van der Waals surface area (Å²) in [5.74, 6) is -0.340. The normalized spacial score (nSPS) is 16.9. The van der Waals surface area contributed by atoms with Gasteiger partial charge in [-0.15, -0.1) is 0 Å². The van der Waals surface area contributed by atoms with Crippen molar-refractivity contribution >= 4 is 5.97 Å². The lowest BCUT2D eigenvalue weighted by Gasteiger charge is -2.21. The second kappa shape index (κ2) is 6.76. The average molecular weight is 219 g/mol. The summed E-state index contributed by atoms with van der Waals surface area (Å²) in [5, 5.41) is 21.3. The molecule has 2 atom stereocenters. The van der Waals surface area contributed by atoms with Crippen molar-refractivity contribution in [3.05, 3.63) is 0 Å². The van der Waals surface area contributed by atoms with Gasteiger partial charge in [0.25, 0.3) is 0 Å². The Bertz CT molecular complexity index is 194. The van der Waals surface area contributed by atoms with Crippen molar-refractivity contribution in [2.45, 2.75) is 25.9 Å². The van der Waals surface area contributed by atoms with Gasteiger partial charge in [-0.1, -0.05) is 6.92 Å². The van der Waals surface area contributed by atoms with Crippen molar-refractivity contribution in [2.24, 2.45) is 5.92 Å². The summed E-state index contributed by atoms with van der Waals surface area (Å²) < 4.78 is 4.45. The zero-order valence-corrected chi connectivity index (χ0v) is 9.62. The lowest BCUT2D eigenvalue weighted by molar-refractivity contribution is -0.159. The van der Waals surface area contributed by atoms with E-state index in [0.29, 0.717) is 18.9 Å². The molecule has 90 valence electrons. The molecule has 0 aromatic rings. The second-order valence-electron chi connectivity index (χ2n) is 4.01. The highest BCUT2D eigenvalue weighted by molar-refractivity contribution is 5.78. The smallest absolute Gasteiger partial charge is 0.338 e. The van der Waals surface area contributed by atoms with Gasteiger partial charge in [0.05, 0.1) is 7.11 Å². The third kappa shape index (κ3) is 5.71. The van der Waals surface area contributed by atoms with Crippen molar-refractivity contribution in [3.63, 3.8) is 0 Å². The number of hydrogen-bond donors (Lipinski definition) is 3. The van der Waals surface area contributed by atoms with Gasteiger partial charge < -0.3 is 20.3 Å². The molecule has 0 aliphatic heterocycles. The number of carbonyl (C=O) groups is 1. The highest BCUT2D eigenvalue weighted by atomic mass is 16.5. The van der Waals surface area contributed by atoms with Crippen LogP contribution in [0.25, 0.3) is 0 Å². The predicted molar refractivity (Wildman–Crippen MR) is 56.4 cm³/mol. The molecule has 0 spiro atoms. The molecular weight excluding hydrogens is 198 g/mol. The van der Waals surface area contributed by atoms with Crippen LogP contribution in [0.3, 0.4) is 0 Å². The molecule has 0 aliphatic carbocycles. The van der Waals surface area contributed by atoms with E-state index in [-0.39, 0.29) is 13.2 Å². The molecule has 0 saturated carbocycles. The molecule has 0 heterocycles. The van der Waals surface area contributed by atoms with Crippen LogP contribution in [0.5, 0.6) is 0 Å². The van der Waals surface area contributed by atoms with E-state index in [1.54, 1.807) is 0 Å². The maximum absolute atomic E-state index is 11.1. The van der Waals surface area contributed by atoms with Crippen LogP contribution in [0.4, 0.5) is 0 Å². The Hall–Kier alpha value is -0.650. The summed E-state index contributed by atoms with van der Waals surface area (Å²) in [6.45, 7) is 4.33. The van der Waals surface area contributed by atoms with Gasteiger partial charge >= 0.3 is 5.97 Å². The lowest BCUT2D eigenvalue weighted by atomic mass is 10.1. The number of nitrogens with one attached hydrogen (secondary N) is 1. The highest BCUT2D eigenvalue weighted by Gasteiger charge is 2.30. The van der Waals surface area contributed by atoms with Crippen molar-refractivity contribution < 1.29 is 19.7 Å². The summed E-state index contributed by atoms with van der Waals surface area (Å²) in [6.07, 6.45) is 0.702. The molecule has 0 amide bonds. The second-order valence-corrected chi connectivity index (χ2v) is 4.01. The Labute approximate surface area is 90.4 Å². The summed E-state index contributed by atoms with van der Waals surface area (Å²) >= 11 is 0. The van der Waals surface area contributed by atoms with Gasteiger partial charge in [-0.3, -0.25) is 0 Å². The lowest BCUT2D eigenvalue weighted by Crippen LogP contribution is -2.46. The van der Waals surface area contributed by atoms with Crippen LogP contribution in [0.2, 0.25) is 0 Å². The van der Waals surface area contributed by atoms with Crippen molar-refractivity contribution in [2.75, 3.05) is 26.8 Å². The van der Waals surface area contributed by atoms with E-state index in [0.717, 1.165) is 0 Å². The minimum atomic E-state index is -1.49. The molecule has 0 bridgehead atoms. The fraction of sp³-hybridized carbons (Fsp3) is 0.900. The Morgan fingerprint density at radius 1 is 1.60 bits per heavy atom. The van der Waals surface area contributed by atoms with Crippen LogP contribution in [0.1, 0.15) is 20.3 Å². The Morgan fingerprint density at radius 2 is 2.20 bits per heavy atom. The quantitative estimate of drug-likeness (QED) is 0.504. The van der Waals surface area contributed by atoms with Crippen LogP contribution >= 0.6 is 0 Å². The fourth-order valence-corrected chi connectivity index (χ4v) is 1.18. The maximum Gasteiger partial charge on any atom is 0.338 e. The summed E-state index contributed by atoms with van der Waals surface area (Å²) in [6, 6.07) is 0. The number of aliphatic hydroxyl groups excluding tert-OH is 1. The Kier molecular flexibility index (Phi) is 6.47. The Morgan fingerprint density at radius 3 is 2.67 bits per heavy atom. The molecule has 0 saturated heterocycles. The van der Waals surface area contributed by atoms with Crippen molar-refractivity contribution in [3.8, 4) is 0 Å². The zero-order chi connectivity index (χ0) is 11.9. The zero-order valence-electron chi connectivity index (χ0n) is 9.62. The molecule has 0 radical (unpaired) electrons. The van der Waals surface area contributed by atoms with Gasteiger partial charge in [0, 0.05) is 13.2 Å². The molecule has 5 heteroatoms. The molecule has 0 aliphatic rings. The maximum atomic E-state index is 11.1. The largest absolute Gasteiger partial charge is 0.467 e. The van der Waals surface area contributed by atoms with Crippen LogP contribution in [-0.2, 0) is 9.53 Å². The van der Waals surface area contributed by atoms with Crippen LogP contribution in [0, 0.1) is 5.92 Å². The summed E-state index contributed by atoms with van der Waals surface area (Å²) in [7, 11) is 1.24. The third-order valence-electron chi connectivity index (χ3n) is 2.21. The number of carbonyl (C=O) groups excluding carboxylic acids is 1. The number of esters is 1. The number of methoxy groups -OCH3 is 1. The van der Waals surface area contributed by atoms with E-state index in [4.69, 9.17) is 5.11 Å². The number of hydrogen-bond acceptors (Lipinski definition) is 5. The molecular formula is C10H21NO4. The Balaban J connectivity index is 3.79. The van der Waals surface area contributed by atoms with E-state index in [2.05, 4.69) is 10.1 Å². The molecule has 5 nitrogen and oxygen atoms in total. The topological polar surface area (TPSA) is 78.8 Å². The molecule has 2 unspecified atom stereocenters. The summed E-state index contributed by atoms with van der Waals surface area (Å²) in [5.41, 5.74) is -1.49. The third-order valence-corrected chi connectivity index (χ3v) is 2.21. The van der Waals surface area contributed by atoms with Gasteiger partial charge in [-0.25, -0.2) is 4.79 Å². The molecule has 0 aromatic carbocycles. The minimum absolute atomic E-state index is 0.148. The van der Waals surface area contributed by atoms with Gasteiger partial charge in [-0.2, -0.15) is 0 Å². The van der Waals surface area contributed by atoms with E-state index < -0.39 is 11.6 Å². The fourth-order valence-electron chi connectivity index (χ4n) is 1.18. The number of aliphatic hydroxyl groups is 2. The van der Waals surface area contributed by atoms with Gasteiger partial charge in [0.15, 0.2) is 5.60 Å². The standard InChI is InChI=1S/C10H21NO4/c1-8(4-5-12)6-11-7-10(2,14)9(13)15-3/h8,11-12,14H,4-7H2,1-3H3. The van der Waals surface area contributed by atoms with Gasteiger partial charge in [0.1, 0.15) is 0 Å². The number of ether oxygens (including phenoxy) is 1. The van der Waals surface area contributed by atoms with Crippen LogP contribution < -0.4 is 5.32 Å². The van der Waals surface area contributed by atoms with Crippen LogP contribution in [0.15, 0.2) is 0 Å². The van der Waals surface area contributed by atoms with E-state index in [1.807, 2.05) is 6.92 Å². The van der Waals surface area contributed by atoms with E-state index in [9.17, 15) is 9.90 Å². The summed E-state index contributed by atoms with van der Waals surface area (Å²) in [4.78, 5) is 11.1. The predicted octanol–water partition coefficient (Wildman–Crippen LogP) is -0.482. The monoisotopic (exact) mass is 219 g/mol. The molecule has 15 heavy (non-hydrogen) atoms. The SMILES string of the molecule is COC(=O)C(C)(O)CNCC(C)CCO. The van der Waals surface area contributed by atoms with Gasteiger partial charge in [-0.05, 0) is 25.8 Å². The average Bonchev–Trinajstić information content (AvgIpc) is 2.16. The number of rotatable bonds is 7. The van der Waals surface area contributed by atoms with E-state index in [1.165, 1.54) is 14.0 Å². The molecule has 0 aromatic heterocycles. The first-order chi connectivity index (χ1) is 6.94. The van der Waals surface area contributed by atoms with E-state index >= 15 is 0 Å². The van der Waals surface area contributed by atoms with Crippen LogP contribution in [-0.4, -0.2) is 48.6 Å². The molecule has 0 rings (SSSR count). The molecule has 3 N–H and O–H groups in total. The van der Waals surface area contributed by atoms with Crippen molar-refractivity contribution in [1.82, 2.24) is 5.32 Å². The first-order valence-electron chi connectivity index (χ1n) is 5.06. The first-order valence-corrected chi connectivity index (χ1v) is 5.06. The van der Waals surface area contributed by atoms with Crippen molar-refractivity contribution in [1.29, 1.82) is 0 Å². The first kappa shape index (κ1) is 14.3. The minimum Gasteiger partial charge on any atom is -0.467 e. The van der Waals surface area contributed by atoms with Gasteiger partial charge in [0.2, 0.25) is 0 Å².